The summed E-state index contributed by atoms with van der Waals surface area (Å²) in [6.07, 6.45) is 11.7. The number of hydrogen-bond donors (Lipinski definition) is 2. The van der Waals surface area contributed by atoms with Crippen molar-refractivity contribution in [3.63, 3.8) is 0 Å². The number of fused-ring (bicyclic) bond motifs is 1. The summed E-state index contributed by atoms with van der Waals surface area (Å²) in [4.78, 5) is 28.5. The van der Waals surface area contributed by atoms with Crippen LogP contribution in [0.5, 0.6) is 0 Å². The van der Waals surface area contributed by atoms with Crippen molar-refractivity contribution in [1.82, 2.24) is 10.2 Å². The lowest BCUT2D eigenvalue weighted by Gasteiger charge is -2.56. The number of aliphatic hydroxyl groups is 1. The zero-order valence-electron chi connectivity index (χ0n) is 17.3. The molecule has 5 aliphatic carbocycles. The first-order valence-corrected chi connectivity index (χ1v) is 12.7. The number of nitrogens with one attached hydrogen (secondary N) is 1. The topological polar surface area (TPSA) is 69.6 Å². The molecular formula is C23H32N2O3S. The first-order valence-electron chi connectivity index (χ1n) is 11.6. The highest BCUT2D eigenvalue weighted by atomic mass is 32.2. The highest BCUT2D eigenvalue weighted by Gasteiger charge is 2.60. The number of thioether (sulfide) groups is 1. The fraction of sp³-hybridized carbons (Fsp3) is 0.826. The summed E-state index contributed by atoms with van der Waals surface area (Å²) >= 11 is 1.80. The van der Waals surface area contributed by atoms with Crippen LogP contribution >= 0.6 is 11.8 Å². The van der Waals surface area contributed by atoms with Gasteiger partial charge in [0.1, 0.15) is 17.4 Å². The third kappa shape index (κ3) is 2.66. The number of aliphatic hydroxyl groups excluding tert-OH is 1. The lowest BCUT2D eigenvalue weighted by molar-refractivity contribution is -0.132. The molecular weight excluding hydrogens is 384 g/mol. The molecule has 4 bridgehead atoms. The second-order valence-electron chi connectivity index (χ2n) is 10.9. The molecule has 0 aromatic rings. The van der Waals surface area contributed by atoms with Crippen molar-refractivity contribution in [3.8, 4) is 0 Å². The molecule has 0 aromatic carbocycles. The van der Waals surface area contributed by atoms with Crippen LogP contribution in [0.1, 0.15) is 71.1 Å². The number of rotatable bonds is 5. The zero-order chi connectivity index (χ0) is 20.0. The maximum Gasteiger partial charge on any atom is 0.264 e. The van der Waals surface area contributed by atoms with Gasteiger partial charge < -0.3 is 15.3 Å². The van der Waals surface area contributed by atoms with Crippen molar-refractivity contribution < 1.29 is 14.7 Å². The average molecular weight is 417 g/mol. The fourth-order valence-corrected chi connectivity index (χ4v) is 9.69. The number of carbonyl (C=O) groups excluding carboxylic acids is 2. The summed E-state index contributed by atoms with van der Waals surface area (Å²) < 4.78 is 0. The summed E-state index contributed by atoms with van der Waals surface area (Å²) in [5.41, 5.74) is 0.111. The Kier molecular flexibility index (Phi) is 3.96. The molecule has 7 rings (SSSR count). The van der Waals surface area contributed by atoms with Crippen LogP contribution in [-0.4, -0.2) is 44.5 Å². The van der Waals surface area contributed by atoms with Gasteiger partial charge in [-0.15, -0.1) is 11.8 Å². The molecule has 2 atom stereocenters. The van der Waals surface area contributed by atoms with E-state index in [2.05, 4.69) is 12.2 Å². The van der Waals surface area contributed by atoms with Crippen LogP contribution in [0.25, 0.3) is 0 Å². The quantitative estimate of drug-likeness (QED) is 0.670. The fourth-order valence-electron chi connectivity index (χ4n) is 7.90. The van der Waals surface area contributed by atoms with Crippen molar-refractivity contribution in [2.24, 2.45) is 23.2 Å². The van der Waals surface area contributed by atoms with Crippen molar-refractivity contribution in [2.75, 3.05) is 5.75 Å². The molecule has 6 fully saturated rings. The van der Waals surface area contributed by atoms with Gasteiger partial charge in [-0.3, -0.25) is 9.59 Å². The van der Waals surface area contributed by atoms with Gasteiger partial charge in [0, 0.05) is 16.7 Å². The first kappa shape index (κ1) is 18.6. The van der Waals surface area contributed by atoms with Crippen LogP contribution in [0.4, 0.5) is 0 Å². The summed E-state index contributed by atoms with van der Waals surface area (Å²) in [5.74, 6) is 2.39. The van der Waals surface area contributed by atoms with Gasteiger partial charge in [0.15, 0.2) is 0 Å². The standard InChI is InChI=1S/C23H32N2O3S/c1-2-3-22(4-5-22)21-25-16(12-29-21)18(26)17(20(25)28)19(27)24-23-9-13-6-14(10-23)8-15(7-13)11-23/h13-16,21,26H,2-12H2,1H3,(H,24,27)/t13?,14?,15?,16-,21-,23?/m1/s1. The van der Waals surface area contributed by atoms with E-state index in [0.29, 0.717) is 5.75 Å². The van der Waals surface area contributed by atoms with Crippen molar-refractivity contribution in [3.05, 3.63) is 11.3 Å². The molecule has 0 radical (unpaired) electrons. The van der Waals surface area contributed by atoms with E-state index in [1.807, 2.05) is 4.90 Å². The van der Waals surface area contributed by atoms with Crippen LogP contribution in [-0.2, 0) is 9.59 Å². The van der Waals surface area contributed by atoms with E-state index in [1.165, 1.54) is 19.3 Å². The van der Waals surface area contributed by atoms with Gasteiger partial charge in [0.25, 0.3) is 11.8 Å². The highest BCUT2D eigenvalue weighted by molar-refractivity contribution is 8.00. The third-order valence-electron chi connectivity index (χ3n) is 8.83. The molecule has 6 heteroatoms. The maximum atomic E-state index is 13.3. The van der Waals surface area contributed by atoms with E-state index in [9.17, 15) is 14.7 Å². The van der Waals surface area contributed by atoms with Gasteiger partial charge >= 0.3 is 0 Å². The van der Waals surface area contributed by atoms with E-state index in [0.717, 1.165) is 62.7 Å². The smallest absolute Gasteiger partial charge is 0.264 e. The SMILES string of the molecule is CCCC1([C@H]2SC[C@@H]3C(O)=C(C(=O)NC45CC6CC(CC(C6)C4)C5)C(=O)N32)CC1. The Morgan fingerprint density at radius 2 is 1.79 bits per heavy atom. The lowest BCUT2D eigenvalue weighted by atomic mass is 9.53. The predicted molar refractivity (Wildman–Crippen MR) is 112 cm³/mol. The Balaban J connectivity index is 1.23. The summed E-state index contributed by atoms with van der Waals surface area (Å²) in [6.45, 7) is 2.20. The largest absolute Gasteiger partial charge is 0.509 e. The third-order valence-corrected chi connectivity index (χ3v) is 10.4. The van der Waals surface area contributed by atoms with Gasteiger partial charge in [0.05, 0.1) is 5.37 Å². The van der Waals surface area contributed by atoms with Crippen LogP contribution in [0.3, 0.4) is 0 Å². The maximum absolute atomic E-state index is 13.3. The van der Waals surface area contributed by atoms with E-state index in [4.69, 9.17) is 0 Å². The van der Waals surface area contributed by atoms with Crippen LogP contribution in [0.2, 0.25) is 0 Å². The van der Waals surface area contributed by atoms with E-state index >= 15 is 0 Å². The number of nitrogens with zero attached hydrogens (tertiary/aromatic N) is 1. The van der Waals surface area contributed by atoms with Gasteiger partial charge in [-0.25, -0.2) is 0 Å². The van der Waals surface area contributed by atoms with Crippen LogP contribution in [0.15, 0.2) is 11.3 Å². The van der Waals surface area contributed by atoms with E-state index < -0.39 is 0 Å². The van der Waals surface area contributed by atoms with Gasteiger partial charge in [-0.05, 0) is 75.5 Å². The minimum absolute atomic E-state index is 0.0273. The Hall–Kier alpha value is -1.17. The van der Waals surface area contributed by atoms with Crippen molar-refractivity contribution in [2.45, 2.75) is 88.1 Å². The molecule has 29 heavy (non-hydrogen) atoms. The zero-order valence-corrected chi connectivity index (χ0v) is 18.1. The minimum Gasteiger partial charge on any atom is -0.509 e. The average Bonchev–Trinajstić information content (AvgIpc) is 3.19. The van der Waals surface area contributed by atoms with Crippen LogP contribution < -0.4 is 5.32 Å². The number of hydrogen-bond acceptors (Lipinski definition) is 4. The molecule has 1 saturated heterocycles. The van der Waals surface area contributed by atoms with Crippen LogP contribution in [0, 0.1) is 23.2 Å². The predicted octanol–water partition coefficient (Wildman–Crippen LogP) is 3.75. The molecule has 0 unspecified atom stereocenters. The normalized spacial score (nSPS) is 43.8. The second kappa shape index (κ2) is 6.18. The monoisotopic (exact) mass is 416 g/mol. The number of amides is 2. The van der Waals surface area contributed by atoms with Gasteiger partial charge in [0.2, 0.25) is 0 Å². The highest BCUT2D eigenvalue weighted by Crippen LogP contribution is 2.61. The summed E-state index contributed by atoms with van der Waals surface area (Å²) in [5, 5.41) is 14.3. The first-order chi connectivity index (χ1) is 13.9. The molecule has 0 spiro atoms. The lowest BCUT2D eigenvalue weighted by Crippen LogP contribution is -2.60. The van der Waals surface area contributed by atoms with E-state index in [-0.39, 0.29) is 45.5 Å². The Bertz CT molecular complexity index is 767. The van der Waals surface area contributed by atoms with Gasteiger partial charge in [-0.1, -0.05) is 13.3 Å². The molecule has 7 aliphatic rings. The minimum atomic E-state index is -0.312. The molecule has 5 nitrogen and oxygen atoms in total. The molecule has 2 N–H and O–H groups in total. The summed E-state index contributed by atoms with van der Waals surface area (Å²) in [7, 11) is 0. The number of carbonyl (C=O) groups is 2. The van der Waals surface area contributed by atoms with E-state index in [1.54, 1.807) is 11.8 Å². The molecule has 2 heterocycles. The van der Waals surface area contributed by atoms with Crippen molar-refractivity contribution >= 4 is 23.6 Å². The molecule has 2 amide bonds. The Morgan fingerprint density at radius 1 is 1.17 bits per heavy atom. The molecule has 158 valence electrons. The molecule has 0 aromatic heterocycles. The molecule has 5 saturated carbocycles. The summed E-state index contributed by atoms with van der Waals surface area (Å²) in [6, 6.07) is -0.302. The van der Waals surface area contributed by atoms with Crippen molar-refractivity contribution in [1.29, 1.82) is 0 Å². The molecule has 2 aliphatic heterocycles. The van der Waals surface area contributed by atoms with Gasteiger partial charge in [-0.2, -0.15) is 0 Å². The second-order valence-corrected chi connectivity index (χ2v) is 12.1. The Labute approximate surface area is 177 Å². The Morgan fingerprint density at radius 3 is 2.34 bits per heavy atom.